The lowest BCUT2D eigenvalue weighted by atomic mass is 9.98. The number of hydrogen-bond acceptors (Lipinski definition) is 2. The molecule has 0 aliphatic carbocycles. The van der Waals surface area contributed by atoms with Crippen LogP contribution < -0.4 is 4.74 Å². The minimum atomic E-state index is 0.0922. The summed E-state index contributed by atoms with van der Waals surface area (Å²) in [6, 6.07) is 18.4. The molecule has 1 saturated heterocycles. The molecule has 0 radical (unpaired) electrons. The third-order valence-electron chi connectivity index (χ3n) is 4.74. The van der Waals surface area contributed by atoms with Gasteiger partial charge in [0.25, 0.3) is 0 Å². The van der Waals surface area contributed by atoms with Crippen LogP contribution in [0.4, 0.5) is 0 Å². The standard InChI is InChI=1S/C20H23NO2/c1-15(17-6-4-3-5-7-17)21-13-12-18(20(21)22)14-16-8-10-19(23-2)11-9-16/h3-11,15,18H,12-14H2,1-2H3/t15-,18+/m1/s1. The van der Waals surface area contributed by atoms with Gasteiger partial charge in [-0.05, 0) is 43.0 Å². The summed E-state index contributed by atoms with van der Waals surface area (Å²) in [6.45, 7) is 2.96. The summed E-state index contributed by atoms with van der Waals surface area (Å²) < 4.78 is 5.18. The Bertz CT molecular complexity index is 651. The van der Waals surface area contributed by atoms with E-state index in [1.807, 2.05) is 35.2 Å². The fraction of sp³-hybridized carbons (Fsp3) is 0.350. The summed E-state index contributed by atoms with van der Waals surface area (Å²) in [7, 11) is 1.67. The number of carbonyl (C=O) groups is 1. The Morgan fingerprint density at radius 3 is 2.48 bits per heavy atom. The van der Waals surface area contributed by atoms with E-state index in [-0.39, 0.29) is 17.9 Å². The Hall–Kier alpha value is -2.29. The number of hydrogen-bond donors (Lipinski definition) is 0. The Labute approximate surface area is 137 Å². The molecule has 0 aromatic heterocycles. The van der Waals surface area contributed by atoms with Crippen LogP contribution in [0.25, 0.3) is 0 Å². The first-order valence-corrected chi connectivity index (χ1v) is 8.17. The number of amides is 1. The van der Waals surface area contributed by atoms with Gasteiger partial charge in [0.05, 0.1) is 13.2 Å². The highest BCUT2D eigenvalue weighted by atomic mass is 16.5. The number of rotatable bonds is 5. The molecule has 2 atom stereocenters. The fourth-order valence-electron chi connectivity index (χ4n) is 3.29. The second-order valence-electron chi connectivity index (χ2n) is 6.16. The van der Waals surface area contributed by atoms with E-state index in [2.05, 4.69) is 31.2 Å². The summed E-state index contributed by atoms with van der Waals surface area (Å²) in [5.41, 5.74) is 2.39. The van der Waals surface area contributed by atoms with Crippen molar-refractivity contribution >= 4 is 5.91 Å². The predicted octanol–water partition coefficient (Wildman–Crippen LogP) is 3.85. The number of benzene rings is 2. The van der Waals surface area contributed by atoms with E-state index in [9.17, 15) is 4.79 Å². The number of methoxy groups -OCH3 is 1. The zero-order valence-electron chi connectivity index (χ0n) is 13.7. The summed E-state index contributed by atoms with van der Waals surface area (Å²) in [5, 5.41) is 0. The lowest BCUT2D eigenvalue weighted by molar-refractivity contribution is -0.132. The van der Waals surface area contributed by atoms with Crippen LogP contribution >= 0.6 is 0 Å². The molecule has 1 aliphatic heterocycles. The van der Waals surface area contributed by atoms with Crippen molar-refractivity contribution < 1.29 is 9.53 Å². The molecular formula is C20H23NO2. The molecule has 1 fully saturated rings. The molecule has 3 rings (SSSR count). The van der Waals surface area contributed by atoms with E-state index < -0.39 is 0 Å². The van der Waals surface area contributed by atoms with Gasteiger partial charge in [-0.15, -0.1) is 0 Å². The summed E-state index contributed by atoms with van der Waals surface area (Å²) >= 11 is 0. The number of ether oxygens (including phenoxy) is 1. The van der Waals surface area contributed by atoms with Crippen LogP contribution in [0.15, 0.2) is 54.6 Å². The molecule has 0 saturated carbocycles. The monoisotopic (exact) mass is 309 g/mol. The van der Waals surface area contributed by atoms with E-state index in [4.69, 9.17) is 4.74 Å². The Morgan fingerprint density at radius 1 is 1.13 bits per heavy atom. The Kier molecular flexibility index (Phi) is 4.65. The topological polar surface area (TPSA) is 29.5 Å². The van der Waals surface area contributed by atoms with Crippen LogP contribution in [0.1, 0.15) is 30.5 Å². The van der Waals surface area contributed by atoms with Crippen LogP contribution in [0, 0.1) is 5.92 Å². The van der Waals surface area contributed by atoms with Crippen molar-refractivity contribution in [2.45, 2.75) is 25.8 Å². The molecule has 1 aliphatic rings. The van der Waals surface area contributed by atoms with Crippen LogP contribution in [0.2, 0.25) is 0 Å². The molecule has 0 bridgehead atoms. The molecule has 3 heteroatoms. The van der Waals surface area contributed by atoms with Gasteiger partial charge in [0.2, 0.25) is 5.91 Å². The second kappa shape index (κ2) is 6.86. The molecule has 120 valence electrons. The second-order valence-corrected chi connectivity index (χ2v) is 6.16. The van der Waals surface area contributed by atoms with Crippen molar-refractivity contribution in [3.05, 3.63) is 65.7 Å². The minimum absolute atomic E-state index is 0.0922. The lowest BCUT2D eigenvalue weighted by Crippen LogP contribution is -2.30. The predicted molar refractivity (Wildman–Crippen MR) is 91.4 cm³/mol. The van der Waals surface area contributed by atoms with Crippen molar-refractivity contribution in [1.82, 2.24) is 4.90 Å². The molecule has 23 heavy (non-hydrogen) atoms. The van der Waals surface area contributed by atoms with E-state index in [1.165, 1.54) is 11.1 Å². The Morgan fingerprint density at radius 2 is 1.83 bits per heavy atom. The van der Waals surface area contributed by atoms with Crippen molar-refractivity contribution in [2.75, 3.05) is 13.7 Å². The first kappa shape index (κ1) is 15.6. The molecule has 2 aromatic carbocycles. The Balaban J connectivity index is 1.66. The maximum absolute atomic E-state index is 12.7. The van der Waals surface area contributed by atoms with Crippen molar-refractivity contribution in [1.29, 1.82) is 0 Å². The summed E-state index contributed by atoms with van der Waals surface area (Å²) in [5.74, 6) is 1.22. The normalized spacial score (nSPS) is 19.0. The molecule has 0 spiro atoms. The first-order chi connectivity index (χ1) is 11.2. The number of likely N-dealkylation sites (tertiary alicyclic amines) is 1. The third kappa shape index (κ3) is 3.39. The lowest BCUT2D eigenvalue weighted by Gasteiger charge is -2.25. The minimum Gasteiger partial charge on any atom is -0.497 e. The fourth-order valence-corrected chi connectivity index (χ4v) is 3.29. The maximum Gasteiger partial charge on any atom is 0.226 e. The van der Waals surface area contributed by atoms with Gasteiger partial charge >= 0.3 is 0 Å². The highest BCUT2D eigenvalue weighted by Gasteiger charge is 2.34. The zero-order chi connectivity index (χ0) is 16.2. The van der Waals surface area contributed by atoms with Gasteiger partial charge in [-0.2, -0.15) is 0 Å². The zero-order valence-corrected chi connectivity index (χ0v) is 13.7. The SMILES string of the molecule is COc1ccc(C[C@@H]2CCN([C@H](C)c3ccccc3)C2=O)cc1. The third-order valence-corrected chi connectivity index (χ3v) is 4.74. The van der Waals surface area contributed by atoms with Crippen LogP contribution in [0.3, 0.4) is 0 Å². The molecule has 3 nitrogen and oxygen atoms in total. The van der Waals surface area contributed by atoms with Gasteiger partial charge < -0.3 is 9.64 Å². The van der Waals surface area contributed by atoms with Crippen molar-refractivity contribution in [3.63, 3.8) is 0 Å². The van der Waals surface area contributed by atoms with Crippen LogP contribution in [-0.4, -0.2) is 24.5 Å². The quantitative estimate of drug-likeness (QED) is 0.839. The van der Waals surface area contributed by atoms with Gasteiger partial charge in [0.15, 0.2) is 0 Å². The van der Waals surface area contributed by atoms with Crippen LogP contribution in [0.5, 0.6) is 5.75 Å². The van der Waals surface area contributed by atoms with E-state index in [0.717, 1.165) is 25.1 Å². The highest BCUT2D eigenvalue weighted by molar-refractivity contribution is 5.81. The van der Waals surface area contributed by atoms with E-state index in [0.29, 0.717) is 0 Å². The van der Waals surface area contributed by atoms with Crippen molar-refractivity contribution in [2.24, 2.45) is 5.92 Å². The van der Waals surface area contributed by atoms with E-state index in [1.54, 1.807) is 7.11 Å². The number of carbonyl (C=O) groups excluding carboxylic acids is 1. The van der Waals surface area contributed by atoms with Gasteiger partial charge in [0.1, 0.15) is 5.75 Å². The molecule has 0 N–H and O–H groups in total. The van der Waals surface area contributed by atoms with Crippen molar-refractivity contribution in [3.8, 4) is 5.75 Å². The van der Waals surface area contributed by atoms with Gasteiger partial charge in [-0.25, -0.2) is 0 Å². The molecule has 1 amide bonds. The average molecular weight is 309 g/mol. The average Bonchev–Trinajstić information content (AvgIpc) is 2.96. The molecule has 2 aromatic rings. The van der Waals surface area contributed by atoms with Gasteiger partial charge in [0, 0.05) is 12.5 Å². The molecule has 1 heterocycles. The van der Waals surface area contributed by atoms with Gasteiger partial charge in [-0.3, -0.25) is 4.79 Å². The van der Waals surface area contributed by atoms with E-state index >= 15 is 0 Å². The first-order valence-electron chi connectivity index (χ1n) is 8.17. The molecule has 0 unspecified atom stereocenters. The summed E-state index contributed by atoms with van der Waals surface area (Å²) in [4.78, 5) is 14.8. The summed E-state index contributed by atoms with van der Waals surface area (Å²) in [6.07, 6.45) is 1.74. The number of nitrogens with zero attached hydrogens (tertiary/aromatic N) is 1. The maximum atomic E-state index is 12.7. The smallest absolute Gasteiger partial charge is 0.226 e. The van der Waals surface area contributed by atoms with Crippen LogP contribution in [-0.2, 0) is 11.2 Å². The largest absolute Gasteiger partial charge is 0.497 e. The molecular weight excluding hydrogens is 286 g/mol. The highest BCUT2D eigenvalue weighted by Crippen LogP contribution is 2.30. The van der Waals surface area contributed by atoms with Gasteiger partial charge in [-0.1, -0.05) is 42.5 Å².